The van der Waals surface area contributed by atoms with Crippen molar-refractivity contribution in [3.05, 3.63) is 51.7 Å². The Balaban J connectivity index is 1.62. The number of rotatable bonds is 7. The highest BCUT2D eigenvalue weighted by atomic mass is 35.5. The highest BCUT2D eigenvalue weighted by Gasteiger charge is 2.22. The molecule has 0 amide bonds. The smallest absolute Gasteiger partial charge is 0.294 e. The number of hydrogen-bond acceptors (Lipinski definition) is 7. The molecular weight excluding hydrogens is 426 g/mol. The van der Waals surface area contributed by atoms with E-state index in [1.807, 2.05) is 0 Å². The molecule has 158 valence electrons. The quantitative estimate of drug-likeness (QED) is 0.554. The second kappa shape index (κ2) is 8.31. The molecule has 30 heavy (non-hydrogen) atoms. The number of nitrogens with zero attached hydrogens (tertiary/aromatic N) is 4. The summed E-state index contributed by atoms with van der Waals surface area (Å²) in [6, 6.07) is 6.61. The van der Waals surface area contributed by atoms with Crippen LogP contribution in [0.1, 0.15) is 31.7 Å². The first-order chi connectivity index (χ1) is 14.4. The Morgan fingerprint density at radius 3 is 2.57 bits per heavy atom. The first kappa shape index (κ1) is 20.7. The standard InChI is InChI=1S/C20H22ClN5O3S/c1-2-30(28,29)15-8-6-13(7-9-15)10-22-17-19(27)26(12-14-4-3-5-14)18-16(24-17)11-23-20(21)25-18/h6-9,11,14H,2-5,10,12H2,1H3,(H,22,24). The summed E-state index contributed by atoms with van der Waals surface area (Å²) in [5.41, 5.74) is 1.51. The van der Waals surface area contributed by atoms with Gasteiger partial charge >= 0.3 is 0 Å². The van der Waals surface area contributed by atoms with Gasteiger partial charge in [0.25, 0.3) is 5.56 Å². The average molecular weight is 448 g/mol. The van der Waals surface area contributed by atoms with Crippen LogP contribution in [0.5, 0.6) is 0 Å². The molecule has 1 N–H and O–H groups in total. The molecule has 1 aromatic carbocycles. The molecule has 1 saturated carbocycles. The maximum Gasteiger partial charge on any atom is 0.294 e. The Labute approximate surface area is 179 Å². The van der Waals surface area contributed by atoms with E-state index in [4.69, 9.17) is 11.6 Å². The molecule has 0 radical (unpaired) electrons. The zero-order valence-electron chi connectivity index (χ0n) is 16.5. The normalized spacial score (nSPS) is 14.6. The third-order valence-electron chi connectivity index (χ3n) is 5.44. The van der Waals surface area contributed by atoms with E-state index in [1.54, 1.807) is 35.8 Å². The summed E-state index contributed by atoms with van der Waals surface area (Å²) in [6.45, 7) is 2.52. The Morgan fingerprint density at radius 2 is 1.93 bits per heavy atom. The van der Waals surface area contributed by atoms with E-state index in [-0.39, 0.29) is 27.3 Å². The van der Waals surface area contributed by atoms with Gasteiger partial charge in [0.2, 0.25) is 5.28 Å². The molecule has 3 aromatic rings. The number of hydrogen-bond donors (Lipinski definition) is 1. The monoisotopic (exact) mass is 447 g/mol. The van der Waals surface area contributed by atoms with Crippen molar-refractivity contribution in [2.45, 2.75) is 44.2 Å². The lowest BCUT2D eigenvalue weighted by atomic mass is 9.85. The van der Waals surface area contributed by atoms with E-state index in [9.17, 15) is 13.2 Å². The first-order valence-corrected chi connectivity index (χ1v) is 11.9. The third-order valence-corrected chi connectivity index (χ3v) is 7.38. The summed E-state index contributed by atoms with van der Waals surface area (Å²) in [7, 11) is -3.24. The molecule has 2 heterocycles. The lowest BCUT2D eigenvalue weighted by molar-refractivity contribution is 0.276. The van der Waals surface area contributed by atoms with Crippen molar-refractivity contribution in [2.24, 2.45) is 5.92 Å². The van der Waals surface area contributed by atoms with Crippen molar-refractivity contribution < 1.29 is 8.42 Å². The van der Waals surface area contributed by atoms with Crippen molar-refractivity contribution in [3.8, 4) is 0 Å². The molecule has 0 atom stereocenters. The van der Waals surface area contributed by atoms with Crippen molar-refractivity contribution in [1.82, 2.24) is 19.5 Å². The third kappa shape index (κ3) is 4.17. The van der Waals surface area contributed by atoms with Crippen LogP contribution in [0.15, 0.2) is 40.2 Å². The molecule has 0 spiro atoms. The number of nitrogens with one attached hydrogen (secondary N) is 1. The van der Waals surface area contributed by atoms with Crippen LogP contribution in [0.25, 0.3) is 11.2 Å². The number of anilines is 1. The molecule has 0 aliphatic heterocycles. The van der Waals surface area contributed by atoms with Crippen LogP contribution in [-0.2, 0) is 22.9 Å². The largest absolute Gasteiger partial charge is 0.361 e. The summed E-state index contributed by atoms with van der Waals surface area (Å²) >= 11 is 5.94. The molecule has 2 aromatic heterocycles. The molecule has 1 aliphatic carbocycles. The zero-order valence-corrected chi connectivity index (χ0v) is 18.1. The second-order valence-electron chi connectivity index (χ2n) is 7.42. The maximum absolute atomic E-state index is 13.1. The van der Waals surface area contributed by atoms with Gasteiger partial charge in [-0.3, -0.25) is 9.36 Å². The van der Waals surface area contributed by atoms with Crippen LogP contribution < -0.4 is 10.9 Å². The minimum absolute atomic E-state index is 0.0538. The molecule has 10 heteroatoms. The summed E-state index contributed by atoms with van der Waals surface area (Å²) in [5, 5.41) is 3.15. The molecule has 8 nitrogen and oxygen atoms in total. The molecule has 0 bridgehead atoms. The van der Waals surface area contributed by atoms with Crippen molar-refractivity contribution in [1.29, 1.82) is 0 Å². The SMILES string of the molecule is CCS(=O)(=O)c1ccc(CNc2nc3cnc(Cl)nc3n(CC3CCC3)c2=O)cc1. The molecule has 0 unspecified atom stereocenters. The van der Waals surface area contributed by atoms with Crippen molar-refractivity contribution >= 4 is 38.4 Å². The molecular formula is C20H22ClN5O3S. The van der Waals surface area contributed by atoms with Gasteiger partial charge < -0.3 is 5.32 Å². The van der Waals surface area contributed by atoms with Crippen LogP contribution in [0.3, 0.4) is 0 Å². The zero-order chi connectivity index (χ0) is 21.3. The van der Waals surface area contributed by atoms with Gasteiger partial charge in [-0.25, -0.2) is 18.4 Å². The summed E-state index contributed by atoms with van der Waals surface area (Å²) < 4.78 is 25.5. The lowest BCUT2D eigenvalue weighted by Gasteiger charge is -2.26. The van der Waals surface area contributed by atoms with Crippen molar-refractivity contribution in [3.63, 3.8) is 0 Å². The van der Waals surface area contributed by atoms with Gasteiger partial charge in [0, 0.05) is 13.1 Å². The minimum atomic E-state index is -3.24. The van der Waals surface area contributed by atoms with Gasteiger partial charge in [-0.1, -0.05) is 25.5 Å². The fraction of sp³-hybridized carbons (Fsp3) is 0.400. The summed E-state index contributed by atoms with van der Waals surface area (Å²) in [6.07, 6.45) is 4.86. The molecule has 4 rings (SSSR count). The van der Waals surface area contributed by atoms with Gasteiger partial charge in [-0.2, -0.15) is 4.98 Å². The van der Waals surface area contributed by atoms with Gasteiger partial charge in [0.05, 0.1) is 16.8 Å². The Bertz CT molecular complexity index is 1240. The number of benzene rings is 1. The van der Waals surface area contributed by atoms with Crippen LogP contribution in [0, 0.1) is 5.92 Å². The lowest BCUT2D eigenvalue weighted by Crippen LogP contribution is -2.30. The van der Waals surface area contributed by atoms with E-state index in [1.165, 1.54) is 12.6 Å². The van der Waals surface area contributed by atoms with E-state index < -0.39 is 9.84 Å². The predicted molar refractivity (Wildman–Crippen MR) is 115 cm³/mol. The maximum atomic E-state index is 13.1. The van der Waals surface area contributed by atoms with E-state index >= 15 is 0 Å². The van der Waals surface area contributed by atoms with E-state index in [2.05, 4.69) is 20.3 Å². The van der Waals surface area contributed by atoms with Crippen LogP contribution in [0.4, 0.5) is 5.82 Å². The van der Waals surface area contributed by atoms with Gasteiger partial charge in [-0.05, 0) is 48.1 Å². The topological polar surface area (TPSA) is 107 Å². The fourth-order valence-corrected chi connectivity index (χ4v) is 4.41. The highest BCUT2D eigenvalue weighted by molar-refractivity contribution is 7.91. The second-order valence-corrected chi connectivity index (χ2v) is 10.0. The molecule has 1 aliphatic rings. The summed E-state index contributed by atoms with van der Waals surface area (Å²) in [5.74, 6) is 0.707. The van der Waals surface area contributed by atoms with Crippen LogP contribution in [-0.4, -0.2) is 33.7 Å². The predicted octanol–water partition coefficient (Wildman–Crippen LogP) is 3.05. The Kier molecular flexibility index (Phi) is 5.75. The molecule has 0 saturated heterocycles. The van der Waals surface area contributed by atoms with E-state index in [0.29, 0.717) is 30.2 Å². The summed E-state index contributed by atoms with van der Waals surface area (Å²) in [4.78, 5) is 25.9. The molecule has 1 fully saturated rings. The van der Waals surface area contributed by atoms with Gasteiger partial charge in [-0.15, -0.1) is 0 Å². The average Bonchev–Trinajstić information content (AvgIpc) is 2.71. The first-order valence-electron chi connectivity index (χ1n) is 9.86. The van der Waals surface area contributed by atoms with Crippen LogP contribution in [0.2, 0.25) is 5.28 Å². The van der Waals surface area contributed by atoms with Gasteiger partial charge in [0.15, 0.2) is 21.3 Å². The highest BCUT2D eigenvalue weighted by Crippen LogP contribution is 2.28. The number of aromatic nitrogens is 4. The Hall–Kier alpha value is -2.52. The van der Waals surface area contributed by atoms with Crippen molar-refractivity contribution in [2.75, 3.05) is 11.1 Å². The Morgan fingerprint density at radius 1 is 1.20 bits per heavy atom. The van der Waals surface area contributed by atoms with E-state index in [0.717, 1.165) is 18.4 Å². The fourth-order valence-electron chi connectivity index (χ4n) is 3.40. The number of fused-ring (bicyclic) bond motifs is 1. The number of halogens is 1. The minimum Gasteiger partial charge on any atom is -0.361 e. The van der Waals surface area contributed by atoms with Crippen LogP contribution >= 0.6 is 11.6 Å². The number of sulfone groups is 1. The van der Waals surface area contributed by atoms with Gasteiger partial charge in [0.1, 0.15) is 5.52 Å².